The number of hydrogen-bond acceptors (Lipinski definition) is 10. The van der Waals surface area contributed by atoms with E-state index >= 15 is 0 Å². The number of fused-ring (bicyclic) bond motifs is 1. The predicted molar refractivity (Wildman–Crippen MR) is 121 cm³/mol. The molecule has 3 atom stereocenters. The van der Waals surface area contributed by atoms with E-state index in [1.807, 2.05) is 6.07 Å². The number of hydrogen-bond donors (Lipinski definition) is 5. The van der Waals surface area contributed by atoms with Crippen LogP contribution < -0.4 is 15.4 Å². The van der Waals surface area contributed by atoms with Gasteiger partial charge in [-0.25, -0.2) is 9.97 Å². The maximum absolute atomic E-state index is 12.7. The second-order valence-electron chi connectivity index (χ2n) is 8.15. The summed E-state index contributed by atoms with van der Waals surface area (Å²) in [6.45, 7) is -0.0657. The molecular weight excluding hydrogens is 475 g/mol. The molecule has 1 aliphatic rings. The van der Waals surface area contributed by atoms with E-state index in [-0.39, 0.29) is 24.8 Å². The van der Waals surface area contributed by atoms with Crippen LogP contribution in [0.4, 0.5) is 24.9 Å². The third-order valence-electron chi connectivity index (χ3n) is 5.75. The number of nitrogens with one attached hydrogen (secondary N) is 2. The Kier molecular flexibility index (Phi) is 6.55. The summed E-state index contributed by atoms with van der Waals surface area (Å²) in [5.41, 5.74) is -0.498. The first kappa shape index (κ1) is 24.4. The van der Waals surface area contributed by atoms with E-state index in [2.05, 4.69) is 25.6 Å². The lowest BCUT2D eigenvalue weighted by Crippen LogP contribution is -2.48. The van der Waals surface area contributed by atoms with Gasteiger partial charge in [-0.15, -0.1) is 11.3 Å². The molecule has 3 aromatic rings. The Labute approximate surface area is 196 Å². The van der Waals surface area contributed by atoms with Gasteiger partial charge in [-0.2, -0.15) is 18.2 Å². The van der Waals surface area contributed by atoms with Gasteiger partial charge in [0.25, 0.3) is 0 Å². The molecule has 184 valence electrons. The quantitative estimate of drug-likeness (QED) is 0.311. The van der Waals surface area contributed by atoms with E-state index in [9.17, 15) is 28.5 Å². The number of anilines is 2. The molecular formula is C21H24F3N5O4S. The lowest BCUT2D eigenvalue weighted by molar-refractivity contribution is -0.115. The highest BCUT2D eigenvalue weighted by Crippen LogP contribution is 2.41. The zero-order valence-electron chi connectivity index (χ0n) is 18.3. The molecule has 3 unspecified atom stereocenters. The molecule has 2 heterocycles. The van der Waals surface area contributed by atoms with Crippen molar-refractivity contribution < 1.29 is 33.2 Å². The Hall–Kier alpha value is -2.74. The third-order valence-corrected chi connectivity index (χ3v) is 6.80. The topological polar surface area (TPSA) is 133 Å². The summed E-state index contributed by atoms with van der Waals surface area (Å²) in [5, 5.41) is 36.5. The average Bonchev–Trinajstić information content (AvgIpc) is 3.31. The first-order chi connectivity index (χ1) is 16.0. The molecule has 9 nitrogen and oxygen atoms in total. The van der Waals surface area contributed by atoms with Crippen LogP contribution in [-0.2, 0) is 0 Å². The minimum absolute atomic E-state index is 0.0170. The van der Waals surface area contributed by atoms with Gasteiger partial charge >= 0.3 is 6.18 Å². The van der Waals surface area contributed by atoms with Gasteiger partial charge in [0, 0.05) is 18.6 Å². The first-order valence-electron chi connectivity index (χ1n) is 10.5. The van der Waals surface area contributed by atoms with Gasteiger partial charge in [0.15, 0.2) is 5.72 Å². The highest BCUT2D eigenvalue weighted by Gasteiger charge is 2.47. The van der Waals surface area contributed by atoms with Crippen molar-refractivity contribution in [2.45, 2.75) is 37.8 Å². The summed E-state index contributed by atoms with van der Waals surface area (Å²) in [4.78, 5) is 13.0. The van der Waals surface area contributed by atoms with E-state index in [1.54, 1.807) is 19.1 Å². The van der Waals surface area contributed by atoms with Crippen molar-refractivity contribution in [3.63, 3.8) is 0 Å². The maximum atomic E-state index is 12.7. The highest BCUT2D eigenvalue weighted by atomic mass is 32.1. The average molecular weight is 500 g/mol. The number of aromatic nitrogens is 3. The van der Waals surface area contributed by atoms with E-state index in [0.717, 1.165) is 4.70 Å². The number of thiazole rings is 1. The number of methoxy groups -OCH3 is 1. The molecule has 0 radical (unpaired) electrons. The number of halogens is 3. The number of aliphatic hydroxyl groups excluding tert-OH is 2. The molecule has 1 fully saturated rings. The molecule has 2 aromatic heterocycles. The Bertz CT molecular complexity index is 1190. The molecule has 1 aliphatic carbocycles. The Morgan fingerprint density at radius 2 is 2.03 bits per heavy atom. The molecule has 4 rings (SSSR count). The molecule has 0 bridgehead atoms. The van der Waals surface area contributed by atoms with Crippen LogP contribution in [0.5, 0.6) is 5.75 Å². The van der Waals surface area contributed by atoms with E-state index in [0.29, 0.717) is 34.0 Å². The van der Waals surface area contributed by atoms with Crippen molar-refractivity contribution in [3.05, 3.63) is 23.9 Å². The maximum Gasteiger partial charge on any atom is 0.405 e. The van der Waals surface area contributed by atoms with E-state index in [1.165, 1.54) is 18.4 Å². The summed E-state index contributed by atoms with van der Waals surface area (Å²) in [5.74, 6) is -0.218. The number of benzene rings is 1. The van der Waals surface area contributed by atoms with Crippen LogP contribution >= 0.6 is 11.3 Å². The van der Waals surface area contributed by atoms with Gasteiger partial charge in [-0.3, -0.25) is 0 Å². The lowest BCUT2D eigenvalue weighted by Gasteiger charge is -2.31. The number of rotatable bonds is 7. The van der Waals surface area contributed by atoms with Crippen LogP contribution in [0.25, 0.3) is 20.8 Å². The molecule has 0 saturated heterocycles. The summed E-state index contributed by atoms with van der Waals surface area (Å²) >= 11 is 1.31. The van der Waals surface area contributed by atoms with Crippen LogP contribution in [0, 0.1) is 12.8 Å². The van der Waals surface area contributed by atoms with Crippen molar-refractivity contribution in [1.82, 2.24) is 15.0 Å². The summed E-state index contributed by atoms with van der Waals surface area (Å²) in [7, 11) is 1.54. The molecule has 1 saturated carbocycles. The Morgan fingerprint density at radius 3 is 2.68 bits per heavy atom. The van der Waals surface area contributed by atoms with Crippen molar-refractivity contribution in [2.24, 2.45) is 5.92 Å². The molecule has 1 aromatic carbocycles. The van der Waals surface area contributed by atoms with Gasteiger partial charge in [0.05, 0.1) is 28.6 Å². The SMILES string of the molecule is COc1ccc2sc(-c3c(C)nc(NCC(F)(F)F)nc3NC3(O)CCC(CO)C3O)nc2c1. The minimum Gasteiger partial charge on any atom is -0.497 e. The predicted octanol–water partition coefficient (Wildman–Crippen LogP) is 2.91. The van der Waals surface area contributed by atoms with Gasteiger partial charge in [-0.1, -0.05) is 0 Å². The fourth-order valence-electron chi connectivity index (χ4n) is 3.95. The van der Waals surface area contributed by atoms with Crippen molar-refractivity contribution in [2.75, 3.05) is 30.9 Å². The summed E-state index contributed by atoms with van der Waals surface area (Å²) < 4.78 is 44.3. The van der Waals surface area contributed by atoms with Crippen LogP contribution in [-0.4, -0.2) is 68.5 Å². The fraction of sp³-hybridized carbons (Fsp3) is 0.476. The van der Waals surface area contributed by atoms with Gasteiger partial charge in [-0.05, 0) is 31.9 Å². The monoisotopic (exact) mass is 499 g/mol. The minimum atomic E-state index is -4.48. The summed E-state index contributed by atoms with van der Waals surface area (Å²) in [6.07, 6.45) is -5.35. The van der Waals surface area contributed by atoms with Gasteiger partial charge in [0.2, 0.25) is 5.95 Å². The van der Waals surface area contributed by atoms with Gasteiger partial charge < -0.3 is 30.7 Å². The number of aryl methyl sites for hydroxylation is 1. The highest BCUT2D eigenvalue weighted by molar-refractivity contribution is 7.21. The molecule has 5 N–H and O–H groups in total. The van der Waals surface area contributed by atoms with Crippen molar-refractivity contribution in [3.8, 4) is 16.3 Å². The van der Waals surface area contributed by atoms with Crippen LogP contribution in [0.2, 0.25) is 0 Å². The molecule has 0 spiro atoms. The lowest BCUT2D eigenvalue weighted by atomic mass is 10.0. The van der Waals surface area contributed by atoms with Crippen LogP contribution in [0.3, 0.4) is 0 Å². The number of alkyl halides is 3. The molecule has 0 amide bonds. The second kappa shape index (κ2) is 9.13. The first-order valence-corrected chi connectivity index (χ1v) is 11.3. The fourth-order valence-corrected chi connectivity index (χ4v) is 5.00. The largest absolute Gasteiger partial charge is 0.497 e. The number of ether oxygens (including phenoxy) is 1. The third kappa shape index (κ3) is 4.87. The molecule has 13 heteroatoms. The van der Waals surface area contributed by atoms with Crippen molar-refractivity contribution >= 4 is 33.3 Å². The van der Waals surface area contributed by atoms with Crippen molar-refractivity contribution in [1.29, 1.82) is 0 Å². The normalized spacial score (nSPS) is 22.8. The zero-order valence-corrected chi connectivity index (χ0v) is 19.2. The number of nitrogens with zero attached hydrogens (tertiary/aromatic N) is 3. The van der Waals surface area contributed by atoms with Gasteiger partial charge in [0.1, 0.15) is 29.2 Å². The van der Waals surface area contributed by atoms with Crippen LogP contribution in [0.1, 0.15) is 18.5 Å². The standard InChI is InChI=1S/C21H24F3N5O4S/c1-10-15(18-27-13-7-12(33-2)3-4-14(13)34-18)17(28-19(26-10)25-9-21(22,23)24)29-20(32)6-5-11(8-30)16(20)31/h3-4,7,11,16,30-32H,5-6,8-9H2,1-2H3,(H2,25,26,28,29). The molecule has 34 heavy (non-hydrogen) atoms. The molecule has 0 aliphatic heterocycles. The van der Waals surface area contributed by atoms with E-state index in [4.69, 9.17) is 4.74 Å². The Morgan fingerprint density at radius 1 is 1.26 bits per heavy atom. The summed E-state index contributed by atoms with van der Waals surface area (Å²) in [6, 6.07) is 5.36. The Balaban J connectivity index is 1.78. The van der Waals surface area contributed by atoms with Crippen LogP contribution in [0.15, 0.2) is 18.2 Å². The zero-order chi connectivity index (χ0) is 24.7. The van der Waals surface area contributed by atoms with E-state index < -0.39 is 30.5 Å². The second-order valence-corrected chi connectivity index (χ2v) is 9.18. The smallest absolute Gasteiger partial charge is 0.405 e. The number of aliphatic hydroxyl groups is 3.